The zero-order chi connectivity index (χ0) is 12.4. The number of rotatable bonds is 2. The fourth-order valence-electron chi connectivity index (χ4n) is 2.36. The quantitative estimate of drug-likeness (QED) is 0.825. The average molecular weight is 233 g/mol. The third-order valence-electron chi connectivity index (χ3n) is 3.50. The van der Waals surface area contributed by atoms with Gasteiger partial charge in [0.2, 0.25) is 0 Å². The van der Waals surface area contributed by atoms with Crippen molar-refractivity contribution in [2.75, 3.05) is 0 Å². The summed E-state index contributed by atoms with van der Waals surface area (Å²) in [6.07, 6.45) is 3.30. The van der Waals surface area contributed by atoms with Gasteiger partial charge in [-0.05, 0) is 49.8 Å². The molecule has 1 aromatic carbocycles. The van der Waals surface area contributed by atoms with E-state index in [9.17, 15) is 9.90 Å². The number of hydrogen-bond acceptors (Lipinski definition) is 2. The van der Waals surface area contributed by atoms with Crippen molar-refractivity contribution in [3.05, 3.63) is 29.3 Å². The maximum absolute atomic E-state index is 11.9. The van der Waals surface area contributed by atoms with Crippen LogP contribution in [-0.4, -0.2) is 17.1 Å². The second-order valence-electron chi connectivity index (χ2n) is 5.09. The molecular formula is C14H19NO2. The van der Waals surface area contributed by atoms with Crippen LogP contribution in [0.4, 0.5) is 0 Å². The first-order valence-corrected chi connectivity index (χ1v) is 6.16. The summed E-state index contributed by atoms with van der Waals surface area (Å²) in [5, 5.41) is 12.6. The molecule has 1 aliphatic rings. The van der Waals surface area contributed by atoms with E-state index in [-0.39, 0.29) is 11.7 Å². The topological polar surface area (TPSA) is 49.3 Å². The summed E-state index contributed by atoms with van der Waals surface area (Å²) in [7, 11) is 0. The Hall–Kier alpha value is -1.51. The smallest absolute Gasteiger partial charge is 0.251 e. The van der Waals surface area contributed by atoms with Gasteiger partial charge in [0.25, 0.3) is 5.91 Å². The molecule has 0 aromatic heterocycles. The second kappa shape index (κ2) is 4.78. The Balaban J connectivity index is 2.02. The van der Waals surface area contributed by atoms with Gasteiger partial charge in [0.15, 0.2) is 0 Å². The number of carbonyl (C=O) groups excluding carboxylic acids is 1. The van der Waals surface area contributed by atoms with Crippen LogP contribution in [0, 0.1) is 12.8 Å². The van der Waals surface area contributed by atoms with Crippen LogP contribution in [0.25, 0.3) is 0 Å². The van der Waals surface area contributed by atoms with E-state index in [1.54, 1.807) is 12.1 Å². The number of nitrogens with one attached hydrogen (secondary N) is 1. The Morgan fingerprint density at radius 2 is 2.18 bits per heavy atom. The molecule has 0 saturated heterocycles. The van der Waals surface area contributed by atoms with Gasteiger partial charge < -0.3 is 10.4 Å². The van der Waals surface area contributed by atoms with E-state index in [0.717, 1.165) is 18.4 Å². The molecule has 92 valence electrons. The Labute approximate surface area is 102 Å². The van der Waals surface area contributed by atoms with E-state index in [2.05, 4.69) is 12.2 Å². The summed E-state index contributed by atoms with van der Waals surface area (Å²) in [5.41, 5.74) is 1.32. The molecule has 0 spiro atoms. The van der Waals surface area contributed by atoms with Crippen molar-refractivity contribution in [3.63, 3.8) is 0 Å². The maximum Gasteiger partial charge on any atom is 0.251 e. The molecule has 1 aromatic rings. The number of phenols is 1. The van der Waals surface area contributed by atoms with Crippen molar-refractivity contribution >= 4 is 5.91 Å². The highest BCUT2D eigenvalue weighted by Gasteiger charge is 2.23. The van der Waals surface area contributed by atoms with E-state index >= 15 is 0 Å². The molecule has 0 aliphatic heterocycles. The normalized spacial score (nSPS) is 23.6. The minimum Gasteiger partial charge on any atom is -0.508 e. The summed E-state index contributed by atoms with van der Waals surface area (Å²) < 4.78 is 0. The lowest BCUT2D eigenvalue weighted by Gasteiger charge is -2.12. The van der Waals surface area contributed by atoms with E-state index in [0.29, 0.717) is 17.5 Å². The Morgan fingerprint density at radius 1 is 1.41 bits per heavy atom. The molecule has 1 aliphatic carbocycles. The average Bonchev–Trinajstić information content (AvgIpc) is 2.68. The van der Waals surface area contributed by atoms with Crippen LogP contribution in [0.5, 0.6) is 5.75 Å². The molecule has 2 N–H and O–H groups in total. The largest absolute Gasteiger partial charge is 0.508 e. The van der Waals surface area contributed by atoms with Gasteiger partial charge in [-0.1, -0.05) is 13.0 Å². The van der Waals surface area contributed by atoms with Crippen molar-refractivity contribution in [2.24, 2.45) is 5.92 Å². The minimum absolute atomic E-state index is 0.0839. The molecule has 0 radical (unpaired) electrons. The molecule has 17 heavy (non-hydrogen) atoms. The number of aromatic hydroxyl groups is 1. The van der Waals surface area contributed by atoms with Crippen molar-refractivity contribution in [2.45, 2.75) is 39.2 Å². The molecule has 3 heteroatoms. The molecular weight excluding hydrogens is 214 g/mol. The zero-order valence-corrected chi connectivity index (χ0v) is 10.4. The van der Waals surface area contributed by atoms with Gasteiger partial charge in [0.1, 0.15) is 5.75 Å². The number of benzene rings is 1. The van der Waals surface area contributed by atoms with Gasteiger partial charge in [-0.3, -0.25) is 4.79 Å². The monoisotopic (exact) mass is 233 g/mol. The third kappa shape index (κ3) is 2.78. The predicted octanol–water partition coefficient (Wildman–Crippen LogP) is 2.62. The Kier molecular flexibility index (Phi) is 3.36. The van der Waals surface area contributed by atoms with Crippen LogP contribution < -0.4 is 5.32 Å². The first-order valence-electron chi connectivity index (χ1n) is 6.16. The van der Waals surface area contributed by atoms with Crippen molar-refractivity contribution in [1.82, 2.24) is 5.32 Å². The first-order chi connectivity index (χ1) is 8.06. The van der Waals surface area contributed by atoms with Crippen LogP contribution >= 0.6 is 0 Å². The molecule has 0 heterocycles. The SMILES string of the molecule is Cc1ccc(C(=O)NC2CCC(C)C2)cc1O. The van der Waals surface area contributed by atoms with Crippen LogP contribution in [0.15, 0.2) is 18.2 Å². The van der Waals surface area contributed by atoms with Gasteiger partial charge in [-0.2, -0.15) is 0 Å². The fourth-order valence-corrected chi connectivity index (χ4v) is 2.36. The van der Waals surface area contributed by atoms with E-state index < -0.39 is 0 Å². The lowest BCUT2D eigenvalue weighted by atomic mass is 10.1. The molecule has 2 rings (SSSR count). The molecule has 1 saturated carbocycles. The van der Waals surface area contributed by atoms with Crippen molar-refractivity contribution in [1.29, 1.82) is 0 Å². The number of hydrogen-bond donors (Lipinski definition) is 2. The summed E-state index contributed by atoms with van der Waals surface area (Å²) in [5.74, 6) is 0.795. The number of aryl methyl sites for hydroxylation is 1. The lowest BCUT2D eigenvalue weighted by Crippen LogP contribution is -2.32. The highest BCUT2D eigenvalue weighted by atomic mass is 16.3. The van der Waals surface area contributed by atoms with Gasteiger partial charge in [-0.15, -0.1) is 0 Å². The molecule has 3 nitrogen and oxygen atoms in total. The number of carbonyl (C=O) groups is 1. The van der Waals surface area contributed by atoms with Crippen LogP contribution in [0.1, 0.15) is 42.1 Å². The Morgan fingerprint density at radius 3 is 2.76 bits per heavy atom. The summed E-state index contributed by atoms with van der Waals surface area (Å²) in [4.78, 5) is 11.9. The molecule has 1 amide bonds. The number of amides is 1. The first kappa shape index (κ1) is 12.0. The third-order valence-corrected chi connectivity index (χ3v) is 3.50. The highest BCUT2D eigenvalue weighted by molar-refractivity contribution is 5.94. The van der Waals surface area contributed by atoms with E-state index in [1.807, 2.05) is 6.92 Å². The van der Waals surface area contributed by atoms with Gasteiger partial charge >= 0.3 is 0 Å². The zero-order valence-electron chi connectivity index (χ0n) is 10.4. The fraction of sp³-hybridized carbons (Fsp3) is 0.500. The van der Waals surface area contributed by atoms with Gasteiger partial charge in [0.05, 0.1) is 0 Å². The number of phenolic OH excluding ortho intramolecular Hbond substituents is 1. The molecule has 2 atom stereocenters. The molecule has 2 unspecified atom stereocenters. The predicted molar refractivity (Wildman–Crippen MR) is 67.1 cm³/mol. The van der Waals surface area contributed by atoms with Crippen LogP contribution in [-0.2, 0) is 0 Å². The molecule has 0 bridgehead atoms. The summed E-state index contributed by atoms with van der Waals surface area (Å²) in [6.45, 7) is 4.03. The second-order valence-corrected chi connectivity index (χ2v) is 5.09. The maximum atomic E-state index is 11.9. The van der Waals surface area contributed by atoms with Crippen LogP contribution in [0.3, 0.4) is 0 Å². The Bertz CT molecular complexity index is 428. The van der Waals surface area contributed by atoms with Crippen molar-refractivity contribution in [3.8, 4) is 5.75 Å². The van der Waals surface area contributed by atoms with Crippen molar-refractivity contribution < 1.29 is 9.90 Å². The van der Waals surface area contributed by atoms with Crippen LogP contribution in [0.2, 0.25) is 0 Å². The molecule has 1 fully saturated rings. The van der Waals surface area contributed by atoms with E-state index in [1.165, 1.54) is 12.5 Å². The highest BCUT2D eigenvalue weighted by Crippen LogP contribution is 2.25. The standard InChI is InChI=1S/C14H19NO2/c1-9-3-6-12(7-9)15-14(17)11-5-4-10(2)13(16)8-11/h4-5,8-9,12,16H,3,6-7H2,1-2H3,(H,15,17). The minimum atomic E-state index is -0.0839. The summed E-state index contributed by atoms with van der Waals surface area (Å²) >= 11 is 0. The lowest BCUT2D eigenvalue weighted by molar-refractivity contribution is 0.0937. The van der Waals surface area contributed by atoms with Gasteiger partial charge in [-0.25, -0.2) is 0 Å². The summed E-state index contributed by atoms with van der Waals surface area (Å²) in [6, 6.07) is 5.34. The van der Waals surface area contributed by atoms with Gasteiger partial charge in [0, 0.05) is 11.6 Å². The van der Waals surface area contributed by atoms with E-state index in [4.69, 9.17) is 0 Å².